The summed E-state index contributed by atoms with van der Waals surface area (Å²) in [4.78, 5) is 0. The molecule has 10 heteroatoms. The van der Waals surface area contributed by atoms with Gasteiger partial charge in [0, 0.05) is 18.2 Å². The Labute approximate surface area is 170 Å². The summed E-state index contributed by atoms with van der Waals surface area (Å²) in [6.45, 7) is 4.57. The second-order valence-electron chi connectivity index (χ2n) is 6.53. The minimum atomic E-state index is -0.745. The van der Waals surface area contributed by atoms with E-state index < -0.39 is 11.6 Å². The van der Waals surface area contributed by atoms with Crippen LogP contribution in [0.1, 0.15) is 19.4 Å². The van der Waals surface area contributed by atoms with Crippen LogP contribution in [0.25, 0.3) is 0 Å². The molecule has 0 amide bonds. The van der Waals surface area contributed by atoms with Crippen molar-refractivity contribution in [1.82, 2.24) is 15.5 Å². The van der Waals surface area contributed by atoms with Crippen LogP contribution in [0.3, 0.4) is 0 Å². The molecule has 9 nitrogen and oxygen atoms in total. The third-order valence-corrected chi connectivity index (χ3v) is 3.62. The maximum Gasteiger partial charge on any atom is 0.233 e. The highest BCUT2D eigenvalue weighted by atomic mass is 35.5. The van der Waals surface area contributed by atoms with Crippen molar-refractivity contribution in [1.29, 1.82) is 5.26 Å². The van der Waals surface area contributed by atoms with Gasteiger partial charge in [-0.3, -0.25) is 0 Å². The number of nitrogens with two attached hydrogens (primary N) is 1. The number of aromatic nitrogens is 2. The largest absolute Gasteiger partial charge is 0.489 e. The number of halogens is 1. The fourth-order valence-electron chi connectivity index (χ4n) is 2.10. The Hall–Kier alpha value is -2.64. The molecule has 1 atom stereocenters. The van der Waals surface area contributed by atoms with Crippen LogP contribution in [0, 0.1) is 11.3 Å². The van der Waals surface area contributed by atoms with E-state index in [1.807, 2.05) is 13.8 Å². The van der Waals surface area contributed by atoms with Crippen molar-refractivity contribution in [3.05, 3.63) is 42.0 Å². The smallest absolute Gasteiger partial charge is 0.233 e. The molecular formula is C18H25ClN6O3. The van der Waals surface area contributed by atoms with Gasteiger partial charge in [-0.05, 0) is 32.0 Å². The van der Waals surface area contributed by atoms with Gasteiger partial charge >= 0.3 is 0 Å². The van der Waals surface area contributed by atoms with Crippen LogP contribution in [0.4, 0.5) is 5.82 Å². The first-order valence-electron chi connectivity index (χ1n) is 8.41. The molecular weight excluding hydrogens is 384 g/mol. The molecule has 1 aromatic carbocycles. The van der Waals surface area contributed by atoms with Crippen molar-refractivity contribution in [3.63, 3.8) is 0 Å². The van der Waals surface area contributed by atoms with E-state index in [4.69, 9.17) is 20.6 Å². The lowest BCUT2D eigenvalue weighted by molar-refractivity contribution is 0.0921. The molecule has 1 heterocycles. The van der Waals surface area contributed by atoms with Crippen LogP contribution >= 0.6 is 12.4 Å². The van der Waals surface area contributed by atoms with Crippen LogP contribution in [-0.2, 0) is 0 Å². The zero-order valence-electron chi connectivity index (χ0n) is 15.8. The van der Waals surface area contributed by atoms with Gasteiger partial charge in [0.2, 0.25) is 5.88 Å². The van der Waals surface area contributed by atoms with Gasteiger partial charge < -0.3 is 25.3 Å². The summed E-state index contributed by atoms with van der Waals surface area (Å²) in [6, 6.07) is 12.3. The van der Waals surface area contributed by atoms with E-state index in [9.17, 15) is 5.11 Å². The van der Waals surface area contributed by atoms with E-state index in [1.165, 1.54) is 0 Å². The SMILES string of the molecule is CC(C)(COc1ccc(NN)nn1)NCC(O)COc1ccccc1C#N.Cl. The number of rotatable bonds is 10. The van der Waals surface area contributed by atoms with E-state index in [1.54, 1.807) is 36.4 Å². The lowest BCUT2D eigenvalue weighted by Gasteiger charge is -2.27. The number of aliphatic hydroxyl groups is 1. The van der Waals surface area contributed by atoms with E-state index in [0.29, 0.717) is 36.2 Å². The van der Waals surface area contributed by atoms with Crippen LogP contribution in [0.2, 0.25) is 0 Å². The van der Waals surface area contributed by atoms with Gasteiger partial charge in [0.15, 0.2) is 5.82 Å². The van der Waals surface area contributed by atoms with Gasteiger partial charge in [-0.2, -0.15) is 5.26 Å². The molecule has 0 aliphatic carbocycles. The fraction of sp³-hybridized carbons (Fsp3) is 0.389. The van der Waals surface area contributed by atoms with Crippen molar-refractivity contribution < 1.29 is 14.6 Å². The number of aliphatic hydroxyl groups excluding tert-OH is 1. The Morgan fingerprint density at radius 1 is 1.21 bits per heavy atom. The fourth-order valence-corrected chi connectivity index (χ4v) is 2.10. The maximum atomic E-state index is 10.1. The summed E-state index contributed by atoms with van der Waals surface area (Å²) >= 11 is 0. The van der Waals surface area contributed by atoms with Crippen molar-refractivity contribution in [2.75, 3.05) is 25.2 Å². The summed E-state index contributed by atoms with van der Waals surface area (Å²) < 4.78 is 11.1. The number of nitriles is 1. The quantitative estimate of drug-likeness (QED) is 0.337. The third kappa shape index (κ3) is 7.54. The minimum absolute atomic E-state index is 0. The first-order valence-corrected chi connectivity index (χ1v) is 8.41. The highest BCUT2D eigenvalue weighted by molar-refractivity contribution is 5.85. The topological polar surface area (TPSA) is 138 Å². The Kier molecular flexibility index (Phi) is 9.41. The number of β-amino-alcohol motifs (C(OH)–C–C–N with tert-alkyl or cyclic N) is 1. The number of anilines is 1. The predicted molar refractivity (Wildman–Crippen MR) is 107 cm³/mol. The normalized spacial score (nSPS) is 11.7. The number of benzene rings is 1. The van der Waals surface area contributed by atoms with Crippen LogP contribution < -0.4 is 26.1 Å². The Balaban J connectivity index is 0.00000392. The van der Waals surface area contributed by atoms with Crippen LogP contribution in [0.5, 0.6) is 11.6 Å². The van der Waals surface area contributed by atoms with Gasteiger partial charge in [-0.25, -0.2) is 5.84 Å². The maximum absolute atomic E-state index is 10.1. The Bertz CT molecular complexity index is 767. The van der Waals surface area contributed by atoms with E-state index in [2.05, 4.69) is 27.0 Å². The Morgan fingerprint density at radius 3 is 2.61 bits per heavy atom. The number of para-hydroxylation sites is 1. The number of hydrazine groups is 1. The molecule has 2 rings (SSSR count). The summed E-state index contributed by atoms with van der Waals surface area (Å²) in [7, 11) is 0. The highest BCUT2D eigenvalue weighted by Gasteiger charge is 2.20. The molecule has 1 aromatic heterocycles. The zero-order chi connectivity index (χ0) is 19.7. The molecule has 152 valence electrons. The molecule has 0 spiro atoms. The van der Waals surface area contributed by atoms with Crippen molar-refractivity contribution in [2.45, 2.75) is 25.5 Å². The molecule has 0 saturated heterocycles. The number of nitrogens with one attached hydrogen (secondary N) is 2. The van der Waals surface area contributed by atoms with Gasteiger partial charge in [-0.15, -0.1) is 22.6 Å². The van der Waals surface area contributed by atoms with Crippen molar-refractivity contribution in [2.24, 2.45) is 5.84 Å². The summed E-state index contributed by atoms with van der Waals surface area (Å²) in [5.74, 6) is 6.51. The molecule has 0 bridgehead atoms. The minimum Gasteiger partial charge on any atom is -0.489 e. The van der Waals surface area contributed by atoms with Crippen molar-refractivity contribution >= 4 is 18.2 Å². The molecule has 1 unspecified atom stereocenters. The van der Waals surface area contributed by atoms with Crippen molar-refractivity contribution in [3.8, 4) is 17.7 Å². The van der Waals surface area contributed by atoms with Gasteiger partial charge in [-0.1, -0.05) is 12.1 Å². The second kappa shape index (κ2) is 11.3. The standard InChI is InChI=1S/C18H24N6O3.ClH/c1-18(2,12-27-17-8-7-16(22-20)23-24-17)21-10-14(25)11-26-15-6-4-3-5-13(15)9-19;/h3-8,14,21,25H,10-12,20H2,1-2H3,(H,22,23);1H. The molecule has 0 saturated carbocycles. The average Bonchev–Trinajstić information content (AvgIpc) is 2.70. The lowest BCUT2D eigenvalue weighted by Crippen LogP contribution is -2.48. The lowest BCUT2D eigenvalue weighted by atomic mass is 10.1. The number of nitrogen functional groups attached to an aromatic ring is 1. The second-order valence-corrected chi connectivity index (χ2v) is 6.53. The monoisotopic (exact) mass is 408 g/mol. The van der Waals surface area contributed by atoms with E-state index in [0.717, 1.165) is 0 Å². The number of hydrogen-bond acceptors (Lipinski definition) is 9. The first-order chi connectivity index (χ1) is 12.9. The molecule has 0 fully saturated rings. The van der Waals surface area contributed by atoms with E-state index in [-0.39, 0.29) is 19.0 Å². The summed E-state index contributed by atoms with van der Waals surface area (Å²) in [5.41, 5.74) is 2.41. The molecule has 2 aromatic rings. The predicted octanol–water partition coefficient (Wildman–Crippen LogP) is 1.24. The molecule has 0 aliphatic rings. The van der Waals surface area contributed by atoms with Crippen LogP contribution in [0.15, 0.2) is 36.4 Å². The third-order valence-electron chi connectivity index (χ3n) is 3.62. The number of ether oxygens (including phenoxy) is 2. The molecule has 0 radical (unpaired) electrons. The summed E-state index contributed by atoms with van der Waals surface area (Å²) in [6.07, 6.45) is -0.745. The number of nitrogens with zero attached hydrogens (tertiary/aromatic N) is 3. The van der Waals surface area contributed by atoms with Gasteiger partial charge in [0.1, 0.15) is 31.1 Å². The summed E-state index contributed by atoms with van der Waals surface area (Å²) in [5, 5.41) is 30.1. The van der Waals surface area contributed by atoms with Gasteiger partial charge in [0.05, 0.1) is 5.56 Å². The average molecular weight is 409 g/mol. The molecule has 0 aliphatic heterocycles. The highest BCUT2D eigenvalue weighted by Crippen LogP contribution is 2.16. The number of hydrogen-bond donors (Lipinski definition) is 4. The molecule has 28 heavy (non-hydrogen) atoms. The van der Waals surface area contributed by atoms with Crippen LogP contribution in [-0.4, -0.2) is 46.7 Å². The first kappa shape index (κ1) is 23.4. The Morgan fingerprint density at radius 2 is 1.96 bits per heavy atom. The zero-order valence-corrected chi connectivity index (χ0v) is 16.6. The van der Waals surface area contributed by atoms with Gasteiger partial charge in [0.25, 0.3) is 0 Å². The van der Waals surface area contributed by atoms with E-state index >= 15 is 0 Å². The molecule has 5 N–H and O–H groups in total.